The van der Waals surface area contributed by atoms with E-state index >= 15 is 0 Å². The quantitative estimate of drug-likeness (QED) is 0.633. The zero-order chi connectivity index (χ0) is 15.4. The van der Waals surface area contributed by atoms with Gasteiger partial charge in [-0.2, -0.15) is 5.10 Å². The summed E-state index contributed by atoms with van der Waals surface area (Å²) in [7, 11) is 3.51. The van der Waals surface area contributed by atoms with Crippen LogP contribution in [0.2, 0.25) is 5.15 Å². The van der Waals surface area contributed by atoms with Gasteiger partial charge in [0.1, 0.15) is 10.9 Å². The summed E-state index contributed by atoms with van der Waals surface area (Å²) < 4.78 is 7.06. The molecule has 0 saturated carbocycles. The highest BCUT2D eigenvalue weighted by Crippen LogP contribution is 2.23. The molecule has 1 heterocycles. The molecular weight excluding hydrogens is 288 g/mol. The zero-order valence-corrected chi connectivity index (χ0v) is 13.3. The van der Waals surface area contributed by atoms with E-state index in [-0.39, 0.29) is 6.04 Å². The van der Waals surface area contributed by atoms with Gasteiger partial charge in [0.05, 0.1) is 12.8 Å². The van der Waals surface area contributed by atoms with Gasteiger partial charge in [-0.3, -0.25) is 16.0 Å². The highest BCUT2D eigenvalue weighted by Gasteiger charge is 2.18. The second-order valence-corrected chi connectivity index (χ2v) is 5.42. The molecular formula is C15H21ClN4O. The number of benzene rings is 1. The molecule has 0 saturated heterocycles. The summed E-state index contributed by atoms with van der Waals surface area (Å²) in [6, 6.07) is 8.00. The smallest absolute Gasteiger partial charge is 0.130 e. The van der Waals surface area contributed by atoms with E-state index in [2.05, 4.69) is 10.5 Å². The van der Waals surface area contributed by atoms with Gasteiger partial charge in [-0.05, 0) is 31.4 Å². The third kappa shape index (κ3) is 3.56. The van der Waals surface area contributed by atoms with Gasteiger partial charge in [-0.25, -0.2) is 0 Å². The van der Waals surface area contributed by atoms with Crippen molar-refractivity contribution in [3.63, 3.8) is 0 Å². The molecule has 6 heteroatoms. The third-order valence-electron chi connectivity index (χ3n) is 3.61. The molecule has 114 valence electrons. The molecule has 0 fully saturated rings. The van der Waals surface area contributed by atoms with Crippen LogP contribution in [-0.4, -0.2) is 22.9 Å². The molecule has 1 atom stereocenters. The van der Waals surface area contributed by atoms with Gasteiger partial charge in [-0.15, -0.1) is 0 Å². The van der Waals surface area contributed by atoms with Crippen molar-refractivity contribution in [2.75, 3.05) is 7.11 Å². The average Bonchev–Trinajstić information content (AvgIpc) is 2.73. The van der Waals surface area contributed by atoms with E-state index in [9.17, 15) is 0 Å². The first-order valence-electron chi connectivity index (χ1n) is 6.82. The van der Waals surface area contributed by atoms with Crippen LogP contribution in [0, 0.1) is 6.92 Å². The number of para-hydroxylation sites is 1. The van der Waals surface area contributed by atoms with E-state index in [1.807, 2.05) is 38.2 Å². The Morgan fingerprint density at radius 2 is 2.10 bits per heavy atom. The molecule has 2 rings (SSSR count). The molecule has 0 bridgehead atoms. The molecule has 0 aliphatic heterocycles. The summed E-state index contributed by atoms with van der Waals surface area (Å²) in [4.78, 5) is 0. The lowest BCUT2D eigenvalue weighted by atomic mass is 9.99. The summed E-state index contributed by atoms with van der Waals surface area (Å²) in [5.74, 6) is 6.57. The molecule has 1 unspecified atom stereocenters. The van der Waals surface area contributed by atoms with Gasteiger partial charge in [0, 0.05) is 18.7 Å². The van der Waals surface area contributed by atoms with Crippen LogP contribution in [-0.2, 0) is 19.9 Å². The number of aryl methyl sites for hydroxylation is 2. The largest absolute Gasteiger partial charge is 0.496 e. The fourth-order valence-electron chi connectivity index (χ4n) is 2.48. The number of nitrogens with one attached hydrogen (secondary N) is 1. The molecule has 1 aromatic carbocycles. The highest BCUT2D eigenvalue weighted by atomic mass is 35.5. The molecule has 0 spiro atoms. The topological polar surface area (TPSA) is 65.1 Å². The van der Waals surface area contributed by atoms with Crippen LogP contribution in [0.25, 0.3) is 0 Å². The van der Waals surface area contributed by atoms with E-state index < -0.39 is 0 Å². The number of hydrogen-bond acceptors (Lipinski definition) is 4. The second-order valence-electron chi connectivity index (χ2n) is 5.06. The van der Waals surface area contributed by atoms with Crippen LogP contribution in [0.3, 0.4) is 0 Å². The van der Waals surface area contributed by atoms with Gasteiger partial charge >= 0.3 is 0 Å². The Balaban J connectivity index is 2.17. The molecule has 0 aliphatic rings. The van der Waals surface area contributed by atoms with Crippen LogP contribution in [0.1, 0.15) is 16.8 Å². The number of ether oxygens (including phenoxy) is 1. The van der Waals surface area contributed by atoms with Crippen molar-refractivity contribution in [2.24, 2.45) is 12.9 Å². The van der Waals surface area contributed by atoms with Crippen LogP contribution in [0.5, 0.6) is 5.75 Å². The Labute approximate surface area is 130 Å². The Morgan fingerprint density at radius 3 is 2.67 bits per heavy atom. The molecule has 0 aliphatic carbocycles. The number of halogens is 1. The SMILES string of the molecule is COc1ccccc1CC(Cc1c(C)nn(C)c1Cl)NN. The van der Waals surface area contributed by atoms with Crippen molar-refractivity contribution < 1.29 is 4.74 Å². The van der Waals surface area contributed by atoms with Crippen molar-refractivity contribution in [1.82, 2.24) is 15.2 Å². The van der Waals surface area contributed by atoms with Gasteiger partial charge in [0.2, 0.25) is 0 Å². The number of aromatic nitrogens is 2. The normalized spacial score (nSPS) is 12.4. The number of hydrogen-bond donors (Lipinski definition) is 2. The second kappa shape index (κ2) is 6.93. The highest BCUT2D eigenvalue weighted by molar-refractivity contribution is 6.30. The number of nitrogens with zero attached hydrogens (tertiary/aromatic N) is 2. The number of hydrazine groups is 1. The van der Waals surface area contributed by atoms with Crippen LogP contribution in [0.4, 0.5) is 0 Å². The molecule has 5 nitrogen and oxygen atoms in total. The van der Waals surface area contributed by atoms with Crippen LogP contribution < -0.4 is 16.0 Å². The number of nitrogens with two attached hydrogens (primary N) is 1. The van der Waals surface area contributed by atoms with Gasteiger partial charge in [-0.1, -0.05) is 29.8 Å². The lowest BCUT2D eigenvalue weighted by molar-refractivity contribution is 0.404. The Kier molecular flexibility index (Phi) is 5.22. The van der Waals surface area contributed by atoms with Crippen molar-refractivity contribution >= 4 is 11.6 Å². The van der Waals surface area contributed by atoms with Gasteiger partial charge < -0.3 is 4.74 Å². The maximum Gasteiger partial charge on any atom is 0.130 e. The van der Waals surface area contributed by atoms with Crippen molar-refractivity contribution in [1.29, 1.82) is 0 Å². The summed E-state index contributed by atoms with van der Waals surface area (Å²) in [6.45, 7) is 1.96. The molecule has 1 aromatic heterocycles. The van der Waals surface area contributed by atoms with E-state index in [0.717, 1.165) is 29.0 Å². The summed E-state index contributed by atoms with van der Waals surface area (Å²) in [6.07, 6.45) is 1.47. The number of methoxy groups -OCH3 is 1. The number of rotatable bonds is 6. The molecule has 21 heavy (non-hydrogen) atoms. The first kappa shape index (κ1) is 15.8. The maximum absolute atomic E-state index is 6.28. The molecule has 0 radical (unpaired) electrons. The Bertz CT molecular complexity index is 612. The van der Waals surface area contributed by atoms with E-state index in [1.165, 1.54) is 0 Å². The molecule has 3 N–H and O–H groups in total. The first-order valence-corrected chi connectivity index (χ1v) is 7.20. The minimum absolute atomic E-state index is 0.0571. The van der Waals surface area contributed by atoms with Crippen molar-refractivity contribution in [2.45, 2.75) is 25.8 Å². The lowest BCUT2D eigenvalue weighted by Crippen LogP contribution is -2.38. The fourth-order valence-corrected chi connectivity index (χ4v) is 2.73. The van der Waals surface area contributed by atoms with Crippen LogP contribution >= 0.6 is 11.6 Å². The maximum atomic E-state index is 6.28. The summed E-state index contributed by atoms with van der Waals surface area (Å²) >= 11 is 6.28. The average molecular weight is 309 g/mol. The van der Waals surface area contributed by atoms with Gasteiger partial charge in [0.25, 0.3) is 0 Å². The Hall–Kier alpha value is -1.56. The Morgan fingerprint density at radius 1 is 1.38 bits per heavy atom. The summed E-state index contributed by atoms with van der Waals surface area (Å²) in [5, 5.41) is 4.99. The minimum atomic E-state index is 0.0571. The van der Waals surface area contributed by atoms with Crippen LogP contribution in [0.15, 0.2) is 24.3 Å². The van der Waals surface area contributed by atoms with E-state index in [1.54, 1.807) is 11.8 Å². The standard InChI is InChI=1S/C15H21ClN4O/c1-10-13(15(16)20(2)19-10)9-12(18-17)8-11-6-4-5-7-14(11)21-3/h4-7,12,18H,8-9,17H2,1-3H3. The zero-order valence-electron chi connectivity index (χ0n) is 12.6. The third-order valence-corrected chi connectivity index (χ3v) is 4.09. The van der Waals surface area contributed by atoms with Gasteiger partial charge in [0.15, 0.2) is 0 Å². The van der Waals surface area contributed by atoms with E-state index in [0.29, 0.717) is 11.6 Å². The first-order chi connectivity index (χ1) is 10.1. The molecule has 2 aromatic rings. The van der Waals surface area contributed by atoms with Crippen molar-refractivity contribution in [3.05, 3.63) is 46.2 Å². The van der Waals surface area contributed by atoms with E-state index in [4.69, 9.17) is 22.2 Å². The predicted octanol–water partition coefficient (Wildman–Crippen LogP) is 2.01. The predicted molar refractivity (Wildman–Crippen MR) is 84.5 cm³/mol. The fraction of sp³-hybridized carbons (Fsp3) is 0.400. The van der Waals surface area contributed by atoms with Crippen molar-refractivity contribution in [3.8, 4) is 5.75 Å². The lowest BCUT2D eigenvalue weighted by Gasteiger charge is -2.17. The minimum Gasteiger partial charge on any atom is -0.496 e. The summed E-state index contributed by atoms with van der Waals surface area (Å²) in [5.41, 5.74) is 5.93. The monoisotopic (exact) mass is 308 g/mol. The molecule has 0 amide bonds.